The van der Waals surface area contributed by atoms with Gasteiger partial charge in [0.1, 0.15) is 11.6 Å². The van der Waals surface area contributed by atoms with E-state index in [9.17, 15) is 8.78 Å². The summed E-state index contributed by atoms with van der Waals surface area (Å²) in [6, 6.07) is 10.7. The molecule has 0 aromatic heterocycles. The van der Waals surface area contributed by atoms with E-state index in [4.69, 9.17) is 0 Å². The van der Waals surface area contributed by atoms with Gasteiger partial charge in [-0.25, -0.2) is 8.78 Å². The molecule has 0 saturated carbocycles. The van der Waals surface area contributed by atoms with Crippen molar-refractivity contribution in [1.82, 2.24) is 0 Å². The van der Waals surface area contributed by atoms with Gasteiger partial charge in [0, 0.05) is 9.26 Å². The van der Waals surface area contributed by atoms with Crippen LogP contribution in [-0.4, -0.2) is 0 Å². The molecule has 2 aromatic rings. The number of halogens is 3. The molecule has 16 heavy (non-hydrogen) atoms. The summed E-state index contributed by atoms with van der Waals surface area (Å²) in [5, 5.41) is 2.88. The Balaban J connectivity index is 2.23. The molecule has 0 unspecified atom stereocenters. The fourth-order valence-corrected chi connectivity index (χ4v) is 1.73. The highest BCUT2D eigenvalue weighted by molar-refractivity contribution is 14.1. The standard InChI is InChI=1S/C12H8F2IN/c13-8-1-4-10(5-2-8)16-12-6-3-9(15)7-11(12)14/h1-7,16H. The van der Waals surface area contributed by atoms with Crippen LogP contribution in [0.5, 0.6) is 0 Å². The normalized spacial score (nSPS) is 10.2. The lowest BCUT2D eigenvalue weighted by Gasteiger charge is -2.07. The van der Waals surface area contributed by atoms with Gasteiger partial charge in [0.05, 0.1) is 5.69 Å². The van der Waals surface area contributed by atoms with Crippen molar-refractivity contribution in [1.29, 1.82) is 0 Å². The van der Waals surface area contributed by atoms with E-state index in [1.165, 1.54) is 18.2 Å². The van der Waals surface area contributed by atoms with Crippen LogP contribution in [0.1, 0.15) is 0 Å². The van der Waals surface area contributed by atoms with E-state index >= 15 is 0 Å². The summed E-state index contributed by atoms with van der Waals surface area (Å²) in [7, 11) is 0. The van der Waals surface area contributed by atoms with Crippen molar-refractivity contribution in [2.75, 3.05) is 5.32 Å². The van der Waals surface area contributed by atoms with Crippen LogP contribution in [0.4, 0.5) is 20.2 Å². The molecule has 0 aliphatic rings. The smallest absolute Gasteiger partial charge is 0.147 e. The second kappa shape index (κ2) is 4.78. The van der Waals surface area contributed by atoms with Gasteiger partial charge in [-0.1, -0.05) is 0 Å². The summed E-state index contributed by atoms with van der Waals surface area (Å²) in [5.41, 5.74) is 1.04. The summed E-state index contributed by atoms with van der Waals surface area (Å²) in [5.74, 6) is -0.634. The van der Waals surface area contributed by atoms with Gasteiger partial charge in [-0.15, -0.1) is 0 Å². The highest BCUT2D eigenvalue weighted by atomic mass is 127. The van der Waals surface area contributed by atoms with Crippen molar-refractivity contribution in [3.63, 3.8) is 0 Å². The first-order valence-electron chi connectivity index (χ1n) is 4.63. The van der Waals surface area contributed by atoms with Gasteiger partial charge in [0.15, 0.2) is 0 Å². The van der Waals surface area contributed by atoms with Gasteiger partial charge in [-0.05, 0) is 65.1 Å². The monoisotopic (exact) mass is 331 g/mol. The molecule has 82 valence electrons. The van der Waals surface area contributed by atoms with Crippen LogP contribution in [-0.2, 0) is 0 Å². The third kappa shape index (κ3) is 2.69. The molecule has 0 atom stereocenters. The predicted octanol–water partition coefficient (Wildman–Crippen LogP) is 4.31. The number of hydrogen-bond acceptors (Lipinski definition) is 1. The highest BCUT2D eigenvalue weighted by Gasteiger charge is 2.02. The Kier molecular flexibility index (Phi) is 3.38. The van der Waals surface area contributed by atoms with Crippen molar-refractivity contribution in [3.8, 4) is 0 Å². The lowest BCUT2D eigenvalue weighted by Crippen LogP contribution is -1.94. The Morgan fingerprint density at radius 1 is 0.938 bits per heavy atom. The number of benzene rings is 2. The Labute approximate surface area is 106 Å². The Hall–Kier alpha value is -1.17. The van der Waals surface area contributed by atoms with E-state index in [1.807, 2.05) is 22.6 Å². The summed E-state index contributed by atoms with van der Waals surface area (Å²) in [4.78, 5) is 0. The van der Waals surface area contributed by atoms with Gasteiger partial charge >= 0.3 is 0 Å². The van der Waals surface area contributed by atoms with Gasteiger partial charge in [-0.3, -0.25) is 0 Å². The molecular formula is C12H8F2IN. The zero-order valence-electron chi connectivity index (χ0n) is 8.18. The number of hydrogen-bond donors (Lipinski definition) is 1. The van der Waals surface area contributed by atoms with Crippen molar-refractivity contribution in [3.05, 3.63) is 57.7 Å². The summed E-state index contributed by atoms with van der Waals surface area (Å²) < 4.78 is 27.0. The van der Waals surface area contributed by atoms with Crippen molar-refractivity contribution in [2.45, 2.75) is 0 Å². The van der Waals surface area contributed by atoms with Gasteiger partial charge in [0.25, 0.3) is 0 Å². The average Bonchev–Trinajstić information content (AvgIpc) is 2.25. The maximum absolute atomic E-state index is 13.5. The molecule has 2 aromatic carbocycles. The minimum atomic E-state index is -0.323. The molecule has 0 radical (unpaired) electrons. The van der Waals surface area contributed by atoms with Crippen LogP contribution in [0, 0.1) is 15.2 Å². The minimum absolute atomic E-state index is 0.311. The Morgan fingerprint density at radius 2 is 1.62 bits per heavy atom. The van der Waals surface area contributed by atoms with Gasteiger partial charge in [0.2, 0.25) is 0 Å². The molecule has 1 N–H and O–H groups in total. The summed E-state index contributed by atoms with van der Waals surface area (Å²) in [6.45, 7) is 0. The summed E-state index contributed by atoms with van der Waals surface area (Å²) >= 11 is 2.04. The molecule has 0 aliphatic heterocycles. The zero-order valence-corrected chi connectivity index (χ0v) is 10.3. The average molecular weight is 331 g/mol. The van der Waals surface area contributed by atoms with Crippen LogP contribution in [0.3, 0.4) is 0 Å². The second-order valence-electron chi connectivity index (χ2n) is 3.26. The molecular weight excluding hydrogens is 323 g/mol. The maximum Gasteiger partial charge on any atom is 0.147 e. The number of nitrogens with one attached hydrogen (secondary N) is 1. The lowest BCUT2D eigenvalue weighted by atomic mass is 10.2. The zero-order chi connectivity index (χ0) is 11.5. The van der Waals surface area contributed by atoms with E-state index < -0.39 is 0 Å². The van der Waals surface area contributed by atoms with E-state index in [1.54, 1.807) is 24.3 Å². The largest absolute Gasteiger partial charge is 0.353 e. The molecule has 0 aliphatic carbocycles. The fourth-order valence-electron chi connectivity index (χ4n) is 1.28. The molecule has 2 rings (SSSR count). The minimum Gasteiger partial charge on any atom is -0.353 e. The molecule has 0 fully saturated rings. The molecule has 4 heteroatoms. The first-order valence-corrected chi connectivity index (χ1v) is 5.71. The van der Waals surface area contributed by atoms with Crippen molar-refractivity contribution < 1.29 is 8.78 Å². The molecule has 1 nitrogen and oxygen atoms in total. The molecule has 0 heterocycles. The lowest BCUT2D eigenvalue weighted by molar-refractivity contribution is 0.627. The predicted molar refractivity (Wildman–Crippen MR) is 68.8 cm³/mol. The van der Waals surface area contributed by atoms with Crippen LogP contribution in [0.15, 0.2) is 42.5 Å². The topological polar surface area (TPSA) is 12.0 Å². The molecule has 0 bridgehead atoms. The SMILES string of the molecule is Fc1ccc(Nc2ccc(I)cc2F)cc1. The third-order valence-electron chi connectivity index (χ3n) is 2.05. The molecule has 0 spiro atoms. The number of anilines is 2. The first kappa shape index (κ1) is 11.3. The van der Waals surface area contributed by atoms with Crippen LogP contribution in [0.2, 0.25) is 0 Å². The highest BCUT2D eigenvalue weighted by Crippen LogP contribution is 2.21. The second-order valence-corrected chi connectivity index (χ2v) is 4.50. The van der Waals surface area contributed by atoms with Crippen LogP contribution < -0.4 is 5.32 Å². The van der Waals surface area contributed by atoms with Gasteiger partial charge < -0.3 is 5.32 Å². The van der Waals surface area contributed by atoms with E-state index in [-0.39, 0.29) is 11.6 Å². The maximum atomic E-state index is 13.5. The third-order valence-corrected chi connectivity index (χ3v) is 2.73. The van der Waals surface area contributed by atoms with Crippen molar-refractivity contribution >= 4 is 34.0 Å². The van der Waals surface area contributed by atoms with E-state index in [0.29, 0.717) is 11.4 Å². The van der Waals surface area contributed by atoms with Crippen molar-refractivity contribution in [2.24, 2.45) is 0 Å². The van der Waals surface area contributed by atoms with E-state index in [2.05, 4.69) is 5.32 Å². The van der Waals surface area contributed by atoms with Crippen LogP contribution >= 0.6 is 22.6 Å². The van der Waals surface area contributed by atoms with E-state index in [0.717, 1.165) is 3.57 Å². The Bertz CT molecular complexity index is 497. The summed E-state index contributed by atoms with van der Waals surface area (Å²) in [6.07, 6.45) is 0. The Morgan fingerprint density at radius 3 is 2.25 bits per heavy atom. The quantitative estimate of drug-likeness (QED) is 0.809. The first-order chi connectivity index (χ1) is 7.65. The van der Waals surface area contributed by atoms with Crippen LogP contribution in [0.25, 0.3) is 0 Å². The molecule has 0 amide bonds. The fraction of sp³-hybridized carbons (Fsp3) is 0. The molecule has 0 saturated heterocycles. The van der Waals surface area contributed by atoms with Gasteiger partial charge in [-0.2, -0.15) is 0 Å². The number of rotatable bonds is 2.